The fraction of sp³-hybridized carbons (Fsp3) is 0.250. The molecule has 1 amide bonds. The Labute approximate surface area is 123 Å². The van der Waals surface area contributed by atoms with E-state index in [0.717, 1.165) is 22.6 Å². The summed E-state index contributed by atoms with van der Waals surface area (Å²) in [7, 11) is 0. The van der Waals surface area contributed by atoms with Crippen LogP contribution < -0.4 is 5.43 Å². The van der Waals surface area contributed by atoms with Gasteiger partial charge in [-0.2, -0.15) is 5.10 Å². The second kappa shape index (κ2) is 6.48. The van der Waals surface area contributed by atoms with Crippen LogP contribution in [0.1, 0.15) is 39.5 Å². The van der Waals surface area contributed by atoms with Crippen molar-refractivity contribution in [2.24, 2.45) is 5.10 Å². The number of nitrogens with zero attached hydrogens (tertiary/aromatic N) is 1. The lowest BCUT2D eigenvalue weighted by Crippen LogP contribution is -2.19. The maximum Gasteiger partial charge on any atom is 0.271 e. The van der Waals surface area contributed by atoms with E-state index in [1.165, 1.54) is 4.88 Å². The molecule has 0 atom stereocenters. The molecule has 1 heterocycles. The average molecular weight is 286 g/mol. The summed E-state index contributed by atoms with van der Waals surface area (Å²) in [6.07, 6.45) is 1.02. The first-order valence-corrected chi connectivity index (χ1v) is 7.42. The van der Waals surface area contributed by atoms with Gasteiger partial charge in [-0.25, -0.2) is 5.43 Å². The van der Waals surface area contributed by atoms with Crippen LogP contribution in [0.15, 0.2) is 41.5 Å². The van der Waals surface area contributed by atoms with Crippen molar-refractivity contribution in [1.82, 2.24) is 5.43 Å². The Bertz CT molecular complexity index is 643. The van der Waals surface area contributed by atoms with E-state index in [4.69, 9.17) is 0 Å². The van der Waals surface area contributed by atoms with E-state index in [2.05, 4.69) is 23.5 Å². The molecule has 0 saturated heterocycles. The predicted molar refractivity (Wildman–Crippen MR) is 84.6 cm³/mol. The molecule has 20 heavy (non-hydrogen) atoms. The van der Waals surface area contributed by atoms with Crippen LogP contribution in [0.5, 0.6) is 0 Å². The summed E-state index contributed by atoms with van der Waals surface area (Å²) in [5, 5.41) is 4.18. The van der Waals surface area contributed by atoms with Gasteiger partial charge < -0.3 is 0 Å². The second-order valence-corrected chi connectivity index (χ2v) is 5.80. The summed E-state index contributed by atoms with van der Waals surface area (Å²) >= 11 is 1.71. The molecule has 0 aliphatic heterocycles. The van der Waals surface area contributed by atoms with E-state index in [-0.39, 0.29) is 5.91 Å². The Balaban J connectivity index is 2.06. The number of hydrazone groups is 1. The molecule has 4 heteroatoms. The van der Waals surface area contributed by atoms with E-state index in [1.807, 2.05) is 38.1 Å². The first-order valence-electron chi connectivity index (χ1n) is 6.60. The first-order chi connectivity index (χ1) is 9.60. The molecule has 104 valence electrons. The summed E-state index contributed by atoms with van der Waals surface area (Å²) in [6.45, 7) is 5.99. The van der Waals surface area contributed by atoms with Crippen LogP contribution in [-0.4, -0.2) is 11.6 Å². The number of hydrogen-bond donors (Lipinski definition) is 1. The molecule has 1 aromatic carbocycles. The molecule has 0 fully saturated rings. The van der Waals surface area contributed by atoms with Gasteiger partial charge in [-0.1, -0.05) is 24.6 Å². The van der Waals surface area contributed by atoms with Crippen molar-refractivity contribution in [3.8, 4) is 0 Å². The Kier molecular flexibility index (Phi) is 4.69. The highest BCUT2D eigenvalue weighted by molar-refractivity contribution is 7.14. The van der Waals surface area contributed by atoms with E-state index < -0.39 is 0 Å². The number of nitrogens with one attached hydrogen (secondary N) is 1. The fourth-order valence-corrected chi connectivity index (χ4v) is 2.70. The van der Waals surface area contributed by atoms with Crippen LogP contribution in [0.3, 0.4) is 0 Å². The number of carbonyl (C=O) groups is 1. The van der Waals surface area contributed by atoms with Gasteiger partial charge in [0.1, 0.15) is 0 Å². The van der Waals surface area contributed by atoms with Crippen LogP contribution in [0.4, 0.5) is 0 Å². The van der Waals surface area contributed by atoms with Crippen molar-refractivity contribution in [2.45, 2.75) is 27.2 Å². The van der Waals surface area contributed by atoms with E-state index >= 15 is 0 Å². The van der Waals surface area contributed by atoms with Gasteiger partial charge in [-0.15, -0.1) is 11.3 Å². The molecule has 0 radical (unpaired) electrons. The largest absolute Gasteiger partial charge is 0.271 e. The van der Waals surface area contributed by atoms with Crippen molar-refractivity contribution in [3.63, 3.8) is 0 Å². The summed E-state index contributed by atoms with van der Waals surface area (Å²) in [5.41, 5.74) is 5.12. The third-order valence-corrected chi connectivity index (χ3v) is 4.31. The molecule has 0 saturated carbocycles. The molecule has 2 aromatic rings. The van der Waals surface area contributed by atoms with Crippen molar-refractivity contribution in [2.75, 3.05) is 0 Å². The van der Waals surface area contributed by atoms with Crippen LogP contribution in [-0.2, 0) is 6.42 Å². The van der Waals surface area contributed by atoms with Crippen molar-refractivity contribution in [3.05, 3.63) is 57.3 Å². The molecule has 0 aliphatic carbocycles. The number of hydrogen-bond acceptors (Lipinski definition) is 3. The number of aryl methyl sites for hydroxylation is 2. The van der Waals surface area contributed by atoms with Crippen molar-refractivity contribution in [1.29, 1.82) is 0 Å². The minimum atomic E-state index is -0.180. The SMILES string of the molecule is CCc1ccc(/C(C)=N/NC(=O)c2cccc(C)c2)s1. The van der Waals surface area contributed by atoms with E-state index in [9.17, 15) is 4.79 Å². The summed E-state index contributed by atoms with van der Waals surface area (Å²) in [6, 6.07) is 11.6. The Morgan fingerprint density at radius 2 is 2.10 bits per heavy atom. The minimum absolute atomic E-state index is 0.180. The standard InChI is InChI=1S/C16H18N2OS/c1-4-14-8-9-15(20-14)12(3)17-18-16(19)13-7-5-6-11(2)10-13/h5-10H,4H2,1-3H3,(H,18,19)/b17-12+. The molecule has 1 aromatic heterocycles. The molecular weight excluding hydrogens is 268 g/mol. The van der Waals surface area contributed by atoms with Gasteiger partial charge in [0.15, 0.2) is 0 Å². The number of carbonyl (C=O) groups excluding carboxylic acids is 1. The van der Waals surface area contributed by atoms with Gasteiger partial charge >= 0.3 is 0 Å². The zero-order valence-electron chi connectivity index (χ0n) is 11.9. The normalized spacial score (nSPS) is 11.4. The minimum Gasteiger partial charge on any atom is -0.267 e. The van der Waals surface area contributed by atoms with Crippen LogP contribution in [0, 0.1) is 6.92 Å². The first kappa shape index (κ1) is 14.5. The van der Waals surface area contributed by atoms with Gasteiger partial charge in [0.2, 0.25) is 0 Å². The number of benzene rings is 1. The maximum atomic E-state index is 12.0. The van der Waals surface area contributed by atoms with Crippen LogP contribution in [0.2, 0.25) is 0 Å². The van der Waals surface area contributed by atoms with E-state index in [0.29, 0.717) is 5.56 Å². The second-order valence-electron chi connectivity index (χ2n) is 4.63. The average Bonchev–Trinajstić information content (AvgIpc) is 2.93. The number of amides is 1. The van der Waals surface area contributed by atoms with Gasteiger partial charge in [-0.3, -0.25) is 4.79 Å². The molecule has 0 spiro atoms. The lowest BCUT2D eigenvalue weighted by Gasteiger charge is -2.02. The van der Waals surface area contributed by atoms with Crippen LogP contribution >= 0.6 is 11.3 Å². The monoisotopic (exact) mass is 286 g/mol. The summed E-state index contributed by atoms with van der Waals surface area (Å²) in [4.78, 5) is 14.4. The van der Waals surface area contributed by atoms with E-state index in [1.54, 1.807) is 17.4 Å². The molecule has 0 bridgehead atoms. The lowest BCUT2D eigenvalue weighted by atomic mass is 10.1. The van der Waals surface area contributed by atoms with Gasteiger partial charge in [-0.05, 0) is 44.5 Å². The number of thiophene rings is 1. The lowest BCUT2D eigenvalue weighted by molar-refractivity contribution is 0.0955. The highest BCUT2D eigenvalue weighted by atomic mass is 32.1. The van der Waals surface area contributed by atoms with Gasteiger partial charge in [0.05, 0.1) is 10.6 Å². The molecular formula is C16H18N2OS. The Morgan fingerprint density at radius 3 is 2.75 bits per heavy atom. The quantitative estimate of drug-likeness (QED) is 0.674. The highest BCUT2D eigenvalue weighted by Gasteiger charge is 2.06. The third-order valence-electron chi connectivity index (χ3n) is 2.97. The van der Waals surface area contributed by atoms with Crippen molar-refractivity contribution >= 4 is 23.0 Å². The molecule has 3 nitrogen and oxygen atoms in total. The zero-order chi connectivity index (χ0) is 14.5. The van der Waals surface area contributed by atoms with Crippen molar-refractivity contribution < 1.29 is 4.79 Å². The highest BCUT2D eigenvalue weighted by Crippen LogP contribution is 2.17. The molecule has 2 rings (SSSR count). The van der Waals surface area contributed by atoms with Gasteiger partial charge in [0, 0.05) is 10.4 Å². The molecule has 0 unspecified atom stereocenters. The zero-order valence-corrected chi connectivity index (χ0v) is 12.8. The smallest absolute Gasteiger partial charge is 0.267 e. The third kappa shape index (κ3) is 3.54. The van der Waals surface area contributed by atoms with Crippen LogP contribution in [0.25, 0.3) is 0 Å². The Hall–Kier alpha value is -1.94. The predicted octanol–water partition coefficient (Wildman–Crippen LogP) is 3.77. The maximum absolute atomic E-state index is 12.0. The molecule has 0 aliphatic rings. The summed E-state index contributed by atoms with van der Waals surface area (Å²) in [5.74, 6) is -0.180. The number of rotatable bonds is 4. The fourth-order valence-electron chi connectivity index (χ4n) is 1.80. The topological polar surface area (TPSA) is 41.5 Å². The van der Waals surface area contributed by atoms with Gasteiger partial charge in [0.25, 0.3) is 5.91 Å². The molecule has 1 N–H and O–H groups in total. The summed E-state index contributed by atoms with van der Waals surface area (Å²) < 4.78 is 0. The Morgan fingerprint density at radius 1 is 1.30 bits per heavy atom.